The number of benzene rings is 2. The van der Waals surface area contributed by atoms with Gasteiger partial charge in [0.05, 0.1) is 38.3 Å². The van der Waals surface area contributed by atoms with Gasteiger partial charge in [0.15, 0.2) is 17.5 Å². The van der Waals surface area contributed by atoms with E-state index in [1.165, 1.54) is 0 Å². The fraction of sp³-hybridized carbons (Fsp3) is 0.222. The van der Waals surface area contributed by atoms with Crippen molar-refractivity contribution in [2.75, 3.05) is 68.7 Å². The molecule has 0 spiro atoms. The van der Waals surface area contributed by atoms with E-state index < -0.39 is 0 Å². The minimum Gasteiger partial charge on any atom is -0.379 e. The van der Waals surface area contributed by atoms with Crippen LogP contribution in [0.3, 0.4) is 0 Å². The van der Waals surface area contributed by atoms with Crippen LogP contribution in [0.15, 0.2) is 148 Å². The molecule has 13 nitrogen and oxygen atoms in total. The first-order valence-corrected chi connectivity index (χ1v) is 19.3. The van der Waals surface area contributed by atoms with Crippen LogP contribution in [0.1, 0.15) is 29.7 Å². The highest BCUT2D eigenvalue weighted by Crippen LogP contribution is 2.18. The molecule has 3 N–H and O–H groups in total. The second-order valence-corrected chi connectivity index (χ2v) is 12.7. The summed E-state index contributed by atoms with van der Waals surface area (Å²) in [6, 6.07) is 42.6. The van der Waals surface area contributed by atoms with Crippen molar-refractivity contribution in [1.29, 1.82) is 0 Å². The number of nitrogens with one attached hydrogen (secondary N) is 3. The molecule has 58 heavy (non-hydrogen) atoms. The third-order valence-corrected chi connectivity index (χ3v) is 8.14. The molecule has 0 aliphatic carbocycles. The van der Waals surface area contributed by atoms with E-state index in [2.05, 4.69) is 50.9 Å². The van der Waals surface area contributed by atoms with Crippen molar-refractivity contribution >= 4 is 59.4 Å². The maximum atomic E-state index is 5.72. The molecule has 0 saturated heterocycles. The van der Waals surface area contributed by atoms with E-state index >= 15 is 0 Å². The molecule has 0 bridgehead atoms. The normalized spacial score (nSPS) is 11.4. The summed E-state index contributed by atoms with van der Waals surface area (Å²) < 4.78 is 17.1. The average Bonchev–Trinajstić information content (AvgIpc) is 3.27. The number of anilines is 4. The fourth-order valence-corrected chi connectivity index (χ4v) is 5.29. The molecule has 4 heterocycles. The average molecular weight is 777 g/mol. The van der Waals surface area contributed by atoms with Gasteiger partial charge in [-0.1, -0.05) is 84.9 Å². The topological polar surface area (TPSA) is 152 Å². The number of aromatic nitrogens is 4. The van der Waals surface area contributed by atoms with Crippen molar-refractivity contribution in [1.82, 2.24) is 19.9 Å². The maximum Gasteiger partial charge on any atom is 0.154 e. The van der Waals surface area contributed by atoms with E-state index in [0.717, 1.165) is 48.7 Å². The number of aliphatic imine (C=N–C) groups is 3. The van der Waals surface area contributed by atoms with E-state index in [-0.39, 0.29) is 0 Å². The van der Waals surface area contributed by atoms with Gasteiger partial charge in [-0.05, 0) is 72.5 Å². The van der Waals surface area contributed by atoms with E-state index in [0.29, 0.717) is 74.4 Å². The highest BCUT2D eigenvalue weighted by molar-refractivity contribution is 5.83. The lowest BCUT2D eigenvalue weighted by molar-refractivity contribution is 0.0145. The SMILES string of the molecule is C(=N\c1cccc(/C=N/c2cccc(NCCCOCCOCCOCCCNc3cccc(Nc4cccc(/N=C/c5ccccc5)n4)n3)n2)n1)/c1ccccc1. The van der Waals surface area contributed by atoms with Gasteiger partial charge in [-0.3, -0.25) is 0 Å². The third-order valence-electron chi connectivity index (χ3n) is 8.14. The Kier molecular flexibility index (Phi) is 17.0. The Balaban J connectivity index is 0.760. The van der Waals surface area contributed by atoms with E-state index in [9.17, 15) is 0 Å². The summed E-state index contributed by atoms with van der Waals surface area (Å²) in [6.07, 6.45) is 6.95. The van der Waals surface area contributed by atoms with Crippen molar-refractivity contribution in [3.63, 3.8) is 0 Å². The first kappa shape index (κ1) is 41.0. The summed E-state index contributed by atoms with van der Waals surface area (Å²) in [5.41, 5.74) is 2.73. The van der Waals surface area contributed by atoms with E-state index in [4.69, 9.17) is 14.2 Å². The monoisotopic (exact) mass is 776 g/mol. The molecule has 0 atom stereocenters. The smallest absolute Gasteiger partial charge is 0.154 e. The van der Waals surface area contributed by atoms with Gasteiger partial charge in [-0.25, -0.2) is 34.9 Å². The molecule has 13 heteroatoms. The summed E-state index contributed by atoms with van der Waals surface area (Å²) in [5.74, 6) is 4.71. The summed E-state index contributed by atoms with van der Waals surface area (Å²) >= 11 is 0. The van der Waals surface area contributed by atoms with Gasteiger partial charge in [0, 0.05) is 38.7 Å². The second kappa shape index (κ2) is 24.1. The highest BCUT2D eigenvalue weighted by atomic mass is 16.5. The molecule has 0 saturated carbocycles. The van der Waals surface area contributed by atoms with Crippen LogP contribution in [0.4, 0.5) is 40.7 Å². The number of hydrogen-bond donors (Lipinski definition) is 3. The lowest BCUT2D eigenvalue weighted by Crippen LogP contribution is -2.13. The summed E-state index contributed by atoms with van der Waals surface area (Å²) in [4.78, 5) is 31.8. The fourth-order valence-electron chi connectivity index (χ4n) is 5.29. The molecule has 6 aromatic rings. The van der Waals surface area contributed by atoms with Gasteiger partial charge >= 0.3 is 0 Å². The van der Waals surface area contributed by atoms with E-state index in [1.807, 2.05) is 133 Å². The Morgan fingerprint density at radius 2 is 0.828 bits per heavy atom. The molecule has 0 amide bonds. The Morgan fingerprint density at radius 1 is 0.397 bits per heavy atom. The highest BCUT2D eigenvalue weighted by Gasteiger charge is 2.02. The van der Waals surface area contributed by atoms with Gasteiger partial charge in [0.2, 0.25) is 0 Å². The van der Waals surface area contributed by atoms with Crippen molar-refractivity contribution in [2.45, 2.75) is 12.8 Å². The molecule has 296 valence electrons. The maximum absolute atomic E-state index is 5.72. The van der Waals surface area contributed by atoms with Gasteiger partial charge in [-0.15, -0.1) is 0 Å². The van der Waals surface area contributed by atoms with Crippen LogP contribution < -0.4 is 16.0 Å². The second-order valence-electron chi connectivity index (χ2n) is 12.7. The van der Waals surface area contributed by atoms with Crippen LogP contribution in [-0.2, 0) is 14.2 Å². The Labute approximate surface area is 339 Å². The van der Waals surface area contributed by atoms with Gasteiger partial charge in [0.1, 0.15) is 23.3 Å². The number of rotatable bonds is 24. The van der Waals surface area contributed by atoms with Crippen LogP contribution in [0, 0.1) is 0 Å². The zero-order valence-corrected chi connectivity index (χ0v) is 32.4. The largest absolute Gasteiger partial charge is 0.379 e. The Bertz CT molecular complexity index is 2190. The lowest BCUT2D eigenvalue weighted by atomic mass is 10.2. The Morgan fingerprint density at radius 3 is 1.41 bits per heavy atom. The molecule has 0 unspecified atom stereocenters. The molecule has 0 radical (unpaired) electrons. The van der Waals surface area contributed by atoms with Crippen molar-refractivity contribution in [3.05, 3.63) is 150 Å². The van der Waals surface area contributed by atoms with Gasteiger partial charge < -0.3 is 30.2 Å². The van der Waals surface area contributed by atoms with Crippen LogP contribution >= 0.6 is 0 Å². The lowest BCUT2D eigenvalue weighted by Gasteiger charge is -2.10. The summed E-state index contributed by atoms with van der Waals surface area (Å²) in [5, 5.41) is 9.94. The molecular weight excluding hydrogens is 729 g/mol. The van der Waals surface area contributed by atoms with Crippen molar-refractivity contribution < 1.29 is 14.2 Å². The van der Waals surface area contributed by atoms with E-state index in [1.54, 1.807) is 18.6 Å². The van der Waals surface area contributed by atoms with Crippen LogP contribution in [0.2, 0.25) is 0 Å². The first-order chi connectivity index (χ1) is 28.7. The van der Waals surface area contributed by atoms with Crippen molar-refractivity contribution in [2.24, 2.45) is 15.0 Å². The third kappa shape index (κ3) is 15.5. The quantitative estimate of drug-likeness (QED) is 0.0402. The molecule has 2 aromatic carbocycles. The van der Waals surface area contributed by atoms with Gasteiger partial charge in [-0.2, -0.15) is 0 Å². The first-order valence-electron chi connectivity index (χ1n) is 19.3. The molecule has 0 fully saturated rings. The summed E-state index contributed by atoms with van der Waals surface area (Å²) in [6.45, 7) is 4.81. The summed E-state index contributed by atoms with van der Waals surface area (Å²) in [7, 11) is 0. The minimum atomic E-state index is 0.522. The molecular formula is C45H48N10O3. The molecule has 6 rings (SSSR count). The van der Waals surface area contributed by atoms with Crippen molar-refractivity contribution in [3.8, 4) is 0 Å². The molecule has 0 aliphatic heterocycles. The van der Waals surface area contributed by atoms with Crippen LogP contribution in [-0.4, -0.2) is 91.3 Å². The Hall–Kier alpha value is -6.67. The van der Waals surface area contributed by atoms with Gasteiger partial charge in [0.25, 0.3) is 0 Å². The number of hydrogen-bond acceptors (Lipinski definition) is 13. The van der Waals surface area contributed by atoms with Crippen LogP contribution in [0.5, 0.6) is 0 Å². The standard InChI is InChI=1S/C45H48N10O3/c1-3-13-36(14-4-1)33-48-41-18-7-17-38(51-41)35-50-43-21-8-19-39(52-43)46-25-11-27-56-29-31-58-32-30-57-28-12-26-47-40-20-9-23-44(53-40)55-45-24-10-22-42(54-45)49-34-37-15-5-2-6-16-37/h1-10,13-24,33-35H,11-12,25-32H2,(H,46,52)(H2,47,53,54,55)/b48-33+,49-34+,50-35+. The zero-order chi connectivity index (χ0) is 39.7. The minimum absolute atomic E-state index is 0.522. The van der Waals surface area contributed by atoms with Crippen LogP contribution in [0.25, 0.3) is 0 Å². The zero-order valence-electron chi connectivity index (χ0n) is 32.4. The number of ether oxygens (including phenoxy) is 3. The molecule has 4 aromatic heterocycles. The predicted molar refractivity (Wildman–Crippen MR) is 234 cm³/mol. The number of pyridine rings is 4. The predicted octanol–water partition coefficient (Wildman–Crippen LogP) is 8.62. The number of nitrogens with zero attached hydrogens (tertiary/aromatic N) is 7. The molecule has 0 aliphatic rings.